The van der Waals surface area contributed by atoms with Gasteiger partial charge in [0.15, 0.2) is 0 Å². The molecule has 0 aliphatic rings. The first-order chi connectivity index (χ1) is 12.6. The number of hydrogen-bond acceptors (Lipinski definition) is 3. The average molecular weight is 354 g/mol. The summed E-state index contributed by atoms with van der Waals surface area (Å²) in [5, 5.41) is 0. The Morgan fingerprint density at radius 2 is 1.58 bits per heavy atom. The highest BCUT2D eigenvalue weighted by Crippen LogP contribution is 2.21. The van der Waals surface area contributed by atoms with Crippen LogP contribution in [0.2, 0.25) is 0 Å². The first kappa shape index (κ1) is 20.2. The molecule has 0 bridgehead atoms. The minimum absolute atomic E-state index is 0.0435. The lowest BCUT2D eigenvalue weighted by molar-refractivity contribution is 0.0636. The van der Waals surface area contributed by atoms with Crippen molar-refractivity contribution < 1.29 is 14.3 Å². The molecule has 3 heteroatoms. The Morgan fingerprint density at radius 1 is 0.923 bits per heavy atom. The molecule has 0 aromatic heterocycles. The van der Waals surface area contributed by atoms with Crippen LogP contribution in [0.5, 0.6) is 5.75 Å². The first-order valence-electron chi connectivity index (χ1n) is 9.66. The SMILES string of the molecule is CCCCOC(C)c1ccc(OC(=O)c2ccc(CCCC)cc2)cc1. The molecule has 0 aliphatic heterocycles. The Morgan fingerprint density at radius 3 is 2.19 bits per heavy atom. The van der Waals surface area contributed by atoms with Crippen molar-refractivity contribution in [3.63, 3.8) is 0 Å². The highest BCUT2D eigenvalue weighted by atomic mass is 16.5. The Balaban J connectivity index is 1.90. The fourth-order valence-corrected chi connectivity index (χ4v) is 2.66. The van der Waals surface area contributed by atoms with Gasteiger partial charge in [0.25, 0.3) is 0 Å². The van der Waals surface area contributed by atoms with Crippen molar-refractivity contribution in [2.45, 2.75) is 59.0 Å². The molecule has 3 nitrogen and oxygen atoms in total. The standard InChI is InChI=1S/C23H30O3/c1-4-6-8-19-9-11-21(12-10-19)23(24)26-22-15-13-20(14-16-22)18(3)25-17-7-5-2/h9-16,18H,4-8,17H2,1-3H3. The van der Waals surface area contributed by atoms with Gasteiger partial charge in [-0.15, -0.1) is 0 Å². The van der Waals surface area contributed by atoms with E-state index < -0.39 is 0 Å². The van der Waals surface area contributed by atoms with E-state index in [9.17, 15) is 4.79 Å². The number of hydrogen-bond donors (Lipinski definition) is 0. The van der Waals surface area contributed by atoms with Gasteiger partial charge in [-0.25, -0.2) is 4.79 Å². The molecule has 0 amide bonds. The molecule has 0 fully saturated rings. The van der Waals surface area contributed by atoms with Crippen LogP contribution in [0.1, 0.15) is 74.0 Å². The summed E-state index contributed by atoms with van der Waals surface area (Å²) in [6.45, 7) is 7.13. The van der Waals surface area contributed by atoms with Crippen molar-refractivity contribution >= 4 is 5.97 Å². The maximum atomic E-state index is 12.3. The number of benzene rings is 2. The Bertz CT molecular complexity index is 659. The number of esters is 1. The monoisotopic (exact) mass is 354 g/mol. The summed E-state index contributed by atoms with van der Waals surface area (Å²) in [5.41, 5.74) is 2.91. The third kappa shape index (κ3) is 6.30. The highest BCUT2D eigenvalue weighted by molar-refractivity contribution is 5.91. The van der Waals surface area contributed by atoms with Crippen LogP contribution in [0.15, 0.2) is 48.5 Å². The lowest BCUT2D eigenvalue weighted by atomic mass is 10.1. The van der Waals surface area contributed by atoms with Crippen LogP contribution in [0, 0.1) is 0 Å². The predicted molar refractivity (Wildman–Crippen MR) is 106 cm³/mol. The van der Waals surface area contributed by atoms with Crippen LogP contribution in [0.25, 0.3) is 0 Å². The largest absolute Gasteiger partial charge is 0.423 e. The molecule has 0 spiro atoms. The Hall–Kier alpha value is -2.13. The first-order valence-corrected chi connectivity index (χ1v) is 9.66. The van der Waals surface area contributed by atoms with Gasteiger partial charge in [0.05, 0.1) is 11.7 Å². The summed E-state index contributed by atoms with van der Waals surface area (Å²) >= 11 is 0. The van der Waals surface area contributed by atoms with E-state index in [0.29, 0.717) is 11.3 Å². The van der Waals surface area contributed by atoms with E-state index in [4.69, 9.17) is 9.47 Å². The van der Waals surface area contributed by atoms with Crippen LogP contribution in [-0.4, -0.2) is 12.6 Å². The molecule has 0 saturated carbocycles. The minimum Gasteiger partial charge on any atom is -0.423 e. The number of carbonyl (C=O) groups is 1. The van der Waals surface area contributed by atoms with E-state index in [1.165, 1.54) is 12.0 Å². The van der Waals surface area contributed by atoms with E-state index >= 15 is 0 Å². The molecule has 0 N–H and O–H groups in total. The van der Waals surface area contributed by atoms with Gasteiger partial charge in [0.1, 0.15) is 5.75 Å². The van der Waals surface area contributed by atoms with Crippen molar-refractivity contribution in [3.05, 3.63) is 65.2 Å². The van der Waals surface area contributed by atoms with Crippen molar-refractivity contribution in [1.29, 1.82) is 0 Å². The summed E-state index contributed by atoms with van der Waals surface area (Å²) in [6.07, 6.45) is 5.62. The molecular weight excluding hydrogens is 324 g/mol. The molecule has 1 atom stereocenters. The zero-order chi connectivity index (χ0) is 18.8. The number of rotatable bonds is 10. The van der Waals surface area contributed by atoms with Crippen LogP contribution >= 0.6 is 0 Å². The molecule has 140 valence electrons. The number of aryl methyl sites for hydroxylation is 1. The second kappa shape index (κ2) is 10.8. The van der Waals surface area contributed by atoms with E-state index in [1.807, 2.05) is 55.5 Å². The van der Waals surface area contributed by atoms with Gasteiger partial charge in [-0.2, -0.15) is 0 Å². The highest BCUT2D eigenvalue weighted by Gasteiger charge is 2.10. The second-order valence-corrected chi connectivity index (χ2v) is 6.63. The molecule has 2 aromatic rings. The summed E-state index contributed by atoms with van der Waals surface area (Å²) in [4.78, 5) is 12.3. The lowest BCUT2D eigenvalue weighted by Gasteiger charge is -2.13. The molecule has 0 aliphatic carbocycles. The van der Waals surface area contributed by atoms with Crippen molar-refractivity contribution in [1.82, 2.24) is 0 Å². The molecular formula is C23H30O3. The van der Waals surface area contributed by atoms with Crippen LogP contribution in [0.3, 0.4) is 0 Å². The van der Waals surface area contributed by atoms with Gasteiger partial charge in [0, 0.05) is 6.61 Å². The van der Waals surface area contributed by atoms with Gasteiger partial charge in [-0.05, 0) is 61.6 Å². The van der Waals surface area contributed by atoms with Gasteiger partial charge in [-0.1, -0.05) is 51.0 Å². The second-order valence-electron chi connectivity index (χ2n) is 6.63. The van der Waals surface area contributed by atoms with Crippen LogP contribution in [0.4, 0.5) is 0 Å². The fourth-order valence-electron chi connectivity index (χ4n) is 2.66. The minimum atomic E-state index is -0.327. The summed E-state index contributed by atoms with van der Waals surface area (Å²) in [6, 6.07) is 15.2. The maximum Gasteiger partial charge on any atom is 0.343 e. The molecule has 0 radical (unpaired) electrons. The predicted octanol–water partition coefficient (Wildman–Crippen LogP) is 6.13. The smallest absolute Gasteiger partial charge is 0.343 e. The van der Waals surface area contributed by atoms with Crippen molar-refractivity contribution in [2.24, 2.45) is 0 Å². The number of unbranched alkanes of at least 4 members (excludes halogenated alkanes) is 2. The normalized spacial score (nSPS) is 12.0. The van der Waals surface area contributed by atoms with E-state index in [1.54, 1.807) is 0 Å². The summed E-state index contributed by atoms with van der Waals surface area (Å²) in [7, 11) is 0. The third-order valence-electron chi connectivity index (χ3n) is 4.43. The number of ether oxygens (including phenoxy) is 2. The van der Waals surface area contributed by atoms with Crippen molar-refractivity contribution in [2.75, 3.05) is 6.61 Å². The summed E-state index contributed by atoms with van der Waals surface area (Å²) < 4.78 is 11.3. The lowest BCUT2D eigenvalue weighted by Crippen LogP contribution is -2.08. The van der Waals surface area contributed by atoms with Crippen LogP contribution in [-0.2, 0) is 11.2 Å². The van der Waals surface area contributed by atoms with E-state index in [-0.39, 0.29) is 12.1 Å². The molecule has 2 rings (SSSR count). The Labute approximate surface area is 157 Å². The fraction of sp³-hybridized carbons (Fsp3) is 0.435. The molecule has 0 saturated heterocycles. The zero-order valence-corrected chi connectivity index (χ0v) is 16.2. The van der Waals surface area contributed by atoms with Gasteiger partial charge >= 0.3 is 5.97 Å². The molecule has 0 heterocycles. The van der Waals surface area contributed by atoms with Gasteiger partial charge in [-0.3, -0.25) is 0 Å². The number of carbonyl (C=O) groups excluding carboxylic acids is 1. The van der Waals surface area contributed by atoms with Gasteiger partial charge < -0.3 is 9.47 Å². The topological polar surface area (TPSA) is 35.5 Å². The quantitative estimate of drug-likeness (QED) is 0.293. The molecule has 1 unspecified atom stereocenters. The Kier molecular flexibility index (Phi) is 8.36. The molecule has 26 heavy (non-hydrogen) atoms. The zero-order valence-electron chi connectivity index (χ0n) is 16.2. The van der Waals surface area contributed by atoms with E-state index in [2.05, 4.69) is 13.8 Å². The van der Waals surface area contributed by atoms with Gasteiger partial charge in [0.2, 0.25) is 0 Å². The molecule has 2 aromatic carbocycles. The van der Waals surface area contributed by atoms with E-state index in [0.717, 1.165) is 37.9 Å². The maximum absolute atomic E-state index is 12.3. The van der Waals surface area contributed by atoms with Crippen molar-refractivity contribution in [3.8, 4) is 5.75 Å². The average Bonchev–Trinajstić information content (AvgIpc) is 2.67. The van der Waals surface area contributed by atoms with Crippen LogP contribution < -0.4 is 4.74 Å². The third-order valence-corrected chi connectivity index (χ3v) is 4.43. The summed E-state index contributed by atoms with van der Waals surface area (Å²) in [5.74, 6) is 0.224.